The van der Waals surface area contributed by atoms with Crippen LogP contribution in [-0.2, 0) is 0 Å². The van der Waals surface area contributed by atoms with Crippen molar-refractivity contribution in [3.8, 4) is 0 Å². The third-order valence-electron chi connectivity index (χ3n) is 2.31. The van der Waals surface area contributed by atoms with Crippen molar-refractivity contribution >= 4 is 0 Å². The fraction of sp³-hybridized carbons (Fsp3) is 0.500. The van der Waals surface area contributed by atoms with Gasteiger partial charge in [0.2, 0.25) is 0 Å². The van der Waals surface area contributed by atoms with Crippen molar-refractivity contribution in [3.63, 3.8) is 0 Å². The van der Waals surface area contributed by atoms with Crippen LogP contribution in [0, 0.1) is 0 Å². The van der Waals surface area contributed by atoms with Crippen LogP contribution in [0.3, 0.4) is 0 Å². The van der Waals surface area contributed by atoms with Gasteiger partial charge in [-0.3, -0.25) is 9.88 Å². The van der Waals surface area contributed by atoms with E-state index in [1.807, 2.05) is 12.3 Å². The molecule has 0 aliphatic heterocycles. The topological polar surface area (TPSA) is 42.2 Å². The van der Waals surface area contributed by atoms with E-state index in [4.69, 9.17) is 5.73 Å². The van der Waals surface area contributed by atoms with E-state index in [-0.39, 0.29) is 0 Å². The van der Waals surface area contributed by atoms with Gasteiger partial charge in [0.1, 0.15) is 0 Å². The van der Waals surface area contributed by atoms with Gasteiger partial charge in [-0.1, -0.05) is 6.07 Å². The number of likely N-dealkylation sites (N-methyl/N-ethyl adjacent to an activating group) is 1. The Labute approximate surface area is 79.6 Å². The van der Waals surface area contributed by atoms with Gasteiger partial charge in [-0.05, 0) is 25.6 Å². The van der Waals surface area contributed by atoms with Gasteiger partial charge in [-0.2, -0.15) is 0 Å². The zero-order valence-corrected chi connectivity index (χ0v) is 8.27. The minimum absolute atomic E-state index is 0.386. The smallest absolute Gasteiger partial charge is 0.0332 e. The second-order valence-electron chi connectivity index (χ2n) is 3.23. The number of nitrogens with zero attached hydrogens (tertiary/aromatic N) is 2. The number of hydrogen-bond donors (Lipinski definition) is 1. The Kier molecular flexibility index (Phi) is 3.86. The van der Waals surface area contributed by atoms with Crippen LogP contribution in [0.5, 0.6) is 0 Å². The molecule has 1 unspecified atom stereocenters. The third-order valence-corrected chi connectivity index (χ3v) is 2.31. The summed E-state index contributed by atoms with van der Waals surface area (Å²) in [6.45, 7) is 3.77. The molecule has 1 aromatic heterocycles. The molecule has 13 heavy (non-hydrogen) atoms. The molecule has 1 atom stereocenters. The van der Waals surface area contributed by atoms with Crippen LogP contribution in [0.25, 0.3) is 0 Å². The highest BCUT2D eigenvalue weighted by molar-refractivity contribution is 5.12. The summed E-state index contributed by atoms with van der Waals surface area (Å²) in [6, 6.07) is 4.43. The van der Waals surface area contributed by atoms with E-state index in [2.05, 4.69) is 29.9 Å². The maximum atomic E-state index is 5.49. The lowest BCUT2D eigenvalue weighted by molar-refractivity contribution is 0.268. The van der Waals surface area contributed by atoms with Crippen molar-refractivity contribution in [2.45, 2.75) is 13.0 Å². The summed E-state index contributed by atoms with van der Waals surface area (Å²) in [7, 11) is 2.07. The second-order valence-corrected chi connectivity index (χ2v) is 3.23. The lowest BCUT2D eigenvalue weighted by atomic mass is 10.1. The van der Waals surface area contributed by atoms with Gasteiger partial charge >= 0.3 is 0 Å². The number of hydrogen-bond acceptors (Lipinski definition) is 3. The second kappa shape index (κ2) is 4.94. The quantitative estimate of drug-likeness (QED) is 0.750. The molecule has 0 aromatic carbocycles. The Bertz CT molecular complexity index is 235. The van der Waals surface area contributed by atoms with Crippen molar-refractivity contribution in [2.75, 3.05) is 20.1 Å². The predicted octanol–water partition coefficient (Wildman–Crippen LogP) is 1.03. The summed E-state index contributed by atoms with van der Waals surface area (Å²) in [4.78, 5) is 6.31. The maximum Gasteiger partial charge on any atom is 0.0332 e. The number of aromatic nitrogens is 1. The lowest BCUT2D eigenvalue weighted by Gasteiger charge is -2.23. The Morgan fingerprint density at radius 3 is 2.92 bits per heavy atom. The van der Waals surface area contributed by atoms with Crippen LogP contribution in [0.15, 0.2) is 24.5 Å². The molecular formula is C10H17N3. The lowest BCUT2D eigenvalue weighted by Crippen LogP contribution is -2.28. The van der Waals surface area contributed by atoms with Gasteiger partial charge in [-0.25, -0.2) is 0 Å². The Balaban J connectivity index is 2.62. The fourth-order valence-corrected chi connectivity index (χ4v) is 1.27. The molecule has 0 saturated carbocycles. The minimum atomic E-state index is 0.386. The van der Waals surface area contributed by atoms with E-state index in [9.17, 15) is 0 Å². The first kappa shape index (κ1) is 10.2. The standard InChI is InChI=1S/C10H17N3/c1-9(13(2)7-5-11)10-4-3-6-12-8-10/h3-4,6,8-9H,5,7,11H2,1-2H3. The van der Waals surface area contributed by atoms with Crippen LogP contribution >= 0.6 is 0 Å². The monoisotopic (exact) mass is 179 g/mol. The molecular weight excluding hydrogens is 162 g/mol. The summed E-state index contributed by atoms with van der Waals surface area (Å²) in [5.41, 5.74) is 6.72. The molecule has 0 saturated heterocycles. The first-order valence-corrected chi connectivity index (χ1v) is 4.56. The van der Waals surface area contributed by atoms with Crippen LogP contribution in [0.2, 0.25) is 0 Å². The van der Waals surface area contributed by atoms with Crippen LogP contribution < -0.4 is 5.73 Å². The Morgan fingerprint density at radius 2 is 2.38 bits per heavy atom. The summed E-state index contributed by atoms with van der Waals surface area (Å²) >= 11 is 0. The number of nitrogens with two attached hydrogens (primary N) is 1. The van der Waals surface area contributed by atoms with Gasteiger partial charge < -0.3 is 5.73 Å². The molecule has 1 rings (SSSR count). The average molecular weight is 179 g/mol. The molecule has 3 nitrogen and oxygen atoms in total. The van der Waals surface area contributed by atoms with Crippen molar-refractivity contribution in [1.82, 2.24) is 9.88 Å². The van der Waals surface area contributed by atoms with Gasteiger partial charge in [0.25, 0.3) is 0 Å². The van der Waals surface area contributed by atoms with Gasteiger partial charge in [0, 0.05) is 31.5 Å². The minimum Gasteiger partial charge on any atom is -0.329 e. The molecule has 0 fully saturated rings. The van der Waals surface area contributed by atoms with Gasteiger partial charge in [0.15, 0.2) is 0 Å². The first-order valence-electron chi connectivity index (χ1n) is 4.56. The Morgan fingerprint density at radius 1 is 1.62 bits per heavy atom. The van der Waals surface area contributed by atoms with E-state index < -0.39 is 0 Å². The molecule has 72 valence electrons. The molecule has 2 N–H and O–H groups in total. The zero-order valence-electron chi connectivity index (χ0n) is 8.27. The van der Waals surface area contributed by atoms with E-state index in [0.29, 0.717) is 12.6 Å². The molecule has 1 aromatic rings. The SMILES string of the molecule is CC(c1cccnc1)N(C)CCN. The first-order chi connectivity index (χ1) is 6.25. The molecule has 0 aliphatic carbocycles. The maximum absolute atomic E-state index is 5.49. The molecule has 1 heterocycles. The van der Waals surface area contributed by atoms with Crippen LogP contribution in [-0.4, -0.2) is 30.0 Å². The molecule has 3 heteroatoms. The van der Waals surface area contributed by atoms with Crippen molar-refractivity contribution in [2.24, 2.45) is 5.73 Å². The average Bonchev–Trinajstić information content (AvgIpc) is 2.18. The summed E-state index contributed by atoms with van der Waals surface area (Å²) < 4.78 is 0. The zero-order chi connectivity index (χ0) is 9.68. The molecule has 0 radical (unpaired) electrons. The molecule has 0 spiro atoms. The normalized spacial score (nSPS) is 13.2. The summed E-state index contributed by atoms with van der Waals surface area (Å²) in [5.74, 6) is 0. The fourth-order valence-electron chi connectivity index (χ4n) is 1.27. The largest absolute Gasteiger partial charge is 0.329 e. The van der Waals surface area contributed by atoms with Crippen molar-refractivity contribution in [1.29, 1.82) is 0 Å². The highest BCUT2D eigenvalue weighted by Crippen LogP contribution is 2.15. The molecule has 0 bridgehead atoms. The van der Waals surface area contributed by atoms with Gasteiger partial charge in [-0.15, -0.1) is 0 Å². The molecule has 0 amide bonds. The predicted molar refractivity (Wildman–Crippen MR) is 54.3 cm³/mol. The van der Waals surface area contributed by atoms with E-state index in [1.165, 1.54) is 5.56 Å². The number of pyridine rings is 1. The van der Waals surface area contributed by atoms with E-state index >= 15 is 0 Å². The van der Waals surface area contributed by atoms with E-state index in [1.54, 1.807) is 6.20 Å². The number of rotatable bonds is 4. The highest BCUT2D eigenvalue weighted by atomic mass is 15.1. The molecule has 0 aliphatic rings. The van der Waals surface area contributed by atoms with Crippen molar-refractivity contribution < 1.29 is 0 Å². The van der Waals surface area contributed by atoms with Crippen LogP contribution in [0.1, 0.15) is 18.5 Å². The van der Waals surface area contributed by atoms with Gasteiger partial charge in [0.05, 0.1) is 0 Å². The summed E-state index contributed by atoms with van der Waals surface area (Å²) in [5, 5.41) is 0. The van der Waals surface area contributed by atoms with Crippen molar-refractivity contribution in [3.05, 3.63) is 30.1 Å². The third kappa shape index (κ3) is 2.79. The van der Waals surface area contributed by atoms with Crippen LogP contribution in [0.4, 0.5) is 0 Å². The Hall–Kier alpha value is -0.930. The summed E-state index contributed by atoms with van der Waals surface area (Å²) in [6.07, 6.45) is 3.69. The highest BCUT2D eigenvalue weighted by Gasteiger charge is 2.09. The van der Waals surface area contributed by atoms with E-state index in [0.717, 1.165) is 6.54 Å².